The number of aliphatic imine (C=N–C) groups is 1. The lowest BCUT2D eigenvalue weighted by Crippen LogP contribution is -2.57. The van der Waals surface area contributed by atoms with Gasteiger partial charge in [-0.2, -0.15) is 0 Å². The maximum Gasteiger partial charge on any atom is 0.325 e. The summed E-state index contributed by atoms with van der Waals surface area (Å²) in [6.07, 6.45) is -0.445. The van der Waals surface area contributed by atoms with Gasteiger partial charge >= 0.3 is 5.97 Å². The Balaban J connectivity index is 5.50. The molecule has 198 valence electrons. The van der Waals surface area contributed by atoms with Crippen LogP contribution in [0.5, 0.6) is 0 Å². The molecule has 0 heterocycles. The summed E-state index contributed by atoms with van der Waals surface area (Å²) in [6.45, 7) is 1.37. The van der Waals surface area contributed by atoms with Gasteiger partial charge in [0, 0.05) is 19.4 Å². The van der Waals surface area contributed by atoms with Gasteiger partial charge in [-0.05, 0) is 32.6 Å². The van der Waals surface area contributed by atoms with E-state index in [-0.39, 0.29) is 51.0 Å². The smallest absolute Gasteiger partial charge is 0.325 e. The highest BCUT2D eigenvalue weighted by atomic mass is 16.4. The van der Waals surface area contributed by atoms with E-state index >= 15 is 0 Å². The Kier molecular flexibility index (Phi) is 14.0. The summed E-state index contributed by atoms with van der Waals surface area (Å²) >= 11 is 0. The van der Waals surface area contributed by atoms with E-state index in [1.165, 1.54) is 6.92 Å². The number of carboxylic acids is 1. The molecule has 16 nitrogen and oxygen atoms in total. The zero-order chi connectivity index (χ0) is 27.1. The fourth-order valence-electron chi connectivity index (χ4n) is 2.68. The minimum absolute atomic E-state index is 0.0231. The summed E-state index contributed by atoms with van der Waals surface area (Å²) < 4.78 is 0. The minimum Gasteiger partial charge on any atom is -0.480 e. The SMILES string of the molecule is CC(NC(=O)C(CCCN=C(N)N)NC(=O)C(CCC(N)=O)NC(=O)C(N)CCC(N)=O)C(=O)O. The first-order chi connectivity index (χ1) is 16.2. The maximum absolute atomic E-state index is 12.9. The summed E-state index contributed by atoms with van der Waals surface area (Å²) in [5.41, 5.74) is 26.4. The van der Waals surface area contributed by atoms with Crippen molar-refractivity contribution in [3.63, 3.8) is 0 Å². The number of nitrogens with two attached hydrogens (primary N) is 5. The summed E-state index contributed by atoms with van der Waals surface area (Å²) in [5, 5.41) is 16.1. The average Bonchev–Trinajstić information content (AvgIpc) is 2.75. The molecule has 0 radical (unpaired) electrons. The monoisotopic (exact) mass is 501 g/mol. The molecule has 16 heteroatoms. The predicted molar refractivity (Wildman–Crippen MR) is 124 cm³/mol. The van der Waals surface area contributed by atoms with Crippen molar-refractivity contribution in [3.8, 4) is 0 Å². The molecule has 0 aliphatic heterocycles. The van der Waals surface area contributed by atoms with E-state index in [0.29, 0.717) is 0 Å². The van der Waals surface area contributed by atoms with Gasteiger partial charge in [0.15, 0.2) is 5.96 Å². The van der Waals surface area contributed by atoms with Crippen LogP contribution in [0.15, 0.2) is 4.99 Å². The number of carboxylic acid groups (broad SMARTS) is 1. The van der Waals surface area contributed by atoms with Crippen LogP contribution in [0.3, 0.4) is 0 Å². The second-order valence-corrected chi connectivity index (χ2v) is 7.76. The summed E-state index contributed by atoms with van der Waals surface area (Å²) in [5.74, 6) is -5.29. The third-order valence-electron chi connectivity index (χ3n) is 4.66. The number of carbonyl (C=O) groups is 6. The summed E-state index contributed by atoms with van der Waals surface area (Å²) in [4.78, 5) is 74.8. The molecule has 0 rings (SSSR count). The van der Waals surface area contributed by atoms with Gasteiger partial charge in [0.25, 0.3) is 0 Å². The number of nitrogens with one attached hydrogen (secondary N) is 3. The van der Waals surface area contributed by atoms with Crippen LogP contribution < -0.4 is 44.6 Å². The van der Waals surface area contributed by atoms with Crippen LogP contribution >= 0.6 is 0 Å². The van der Waals surface area contributed by atoms with E-state index < -0.39 is 59.7 Å². The molecule has 0 aliphatic rings. The number of guanidine groups is 1. The molecule has 0 aromatic carbocycles. The molecule has 0 aromatic rings. The number of amides is 5. The van der Waals surface area contributed by atoms with Crippen LogP contribution in [0.2, 0.25) is 0 Å². The normalized spacial score (nSPS) is 13.9. The summed E-state index contributed by atoms with van der Waals surface area (Å²) in [6, 6.07) is -4.93. The standard InChI is InChI=1S/C19H35N9O7/c1-9(18(34)35)26-16(32)11(3-2-8-25-19(23)24)28-17(33)12(5-7-14(22)30)27-15(31)10(20)4-6-13(21)29/h9-12H,2-8,20H2,1H3,(H2,21,29)(H2,22,30)(H,26,32)(H,27,31)(H,28,33)(H,34,35)(H4,23,24,25). The molecule has 0 aromatic heterocycles. The lowest BCUT2D eigenvalue weighted by molar-refractivity contribution is -0.141. The van der Waals surface area contributed by atoms with Gasteiger partial charge in [0.2, 0.25) is 29.5 Å². The molecule has 5 amide bonds. The first-order valence-electron chi connectivity index (χ1n) is 10.8. The molecule has 0 aliphatic carbocycles. The highest BCUT2D eigenvalue weighted by Gasteiger charge is 2.29. The number of aliphatic carboxylic acids is 1. The number of nitrogens with zero attached hydrogens (tertiary/aromatic N) is 1. The third kappa shape index (κ3) is 14.0. The van der Waals surface area contributed by atoms with Gasteiger partial charge in [0.05, 0.1) is 6.04 Å². The Labute approximate surface area is 201 Å². The van der Waals surface area contributed by atoms with Gasteiger partial charge in [-0.15, -0.1) is 0 Å². The molecular weight excluding hydrogens is 466 g/mol. The fourth-order valence-corrected chi connectivity index (χ4v) is 2.68. The van der Waals surface area contributed by atoms with Crippen molar-refractivity contribution in [2.75, 3.05) is 6.54 Å². The molecule has 35 heavy (non-hydrogen) atoms. The third-order valence-corrected chi connectivity index (χ3v) is 4.66. The molecule has 0 bridgehead atoms. The van der Waals surface area contributed by atoms with Crippen LogP contribution in [0.4, 0.5) is 0 Å². The Hall–Kier alpha value is -3.95. The van der Waals surface area contributed by atoms with Crippen molar-refractivity contribution in [3.05, 3.63) is 0 Å². The molecule has 4 unspecified atom stereocenters. The lowest BCUT2D eigenvalue weighted by atomic mass is 10.1. The Bertz CT molecular complexity index is 814. The van der Waals surface area contributed by atoms with E-state index in [2.05, 4.69) is 20.9 Å². The molecule has 0 saturated carbocycles. The van der Waals surface area contributed by atoms with E-state index in [4.69, 9.17) is 33.8 Å². The lowest BCUT2D eigenvalue weighted by Gasteiger charge is -2.24. The number of carbonyl (C=O) groups excluding carboxylic acids is 5. The van der Waals surface area contributed by atoms with E-state index in [9.17, 15) is 28.8 Å². The van der Waals surface area contributed by atoms with E-state index in [0.717, 1.165) is 0 Å². The number of hydrogen-bond acceptors (Lipinski definition) is 8. The van der Waals surface area contributed by atoms with Crippen molar-refractivity contribution >= 4 is 41.5 Å². The van der Waals surface area contributed by atoms with Gasteiger partial charge in [0.1, 0.15) is 18.1 Å². The predicted octanol–water partition coefficient (Wildman–Crippen LogP) is -4.54. The first-order valence-corrected chi connectivity index (χ1v) is 10.8. The topological polar surface area (TPSA) is 301 Å². The summed E-state index contributed by atoms with van der Waals surface area (Å²) in [7, 11) is 0. The zero-order valence-corrected chi connectivity index (χ0v) is 19.5. The van der Waals surface area contributed by atoms with Crippen molar-refractivity contribution < 1.29 is 33.9 Å². The van der Waals surface area contributed by atoms with Crippen molar-refractivity contribution in [1.82, 2.24) is 16.0 Å². The van der Waals surface area contributed by atoms with Crippen LogP contribution in [-0.2, 0) is 28.8 Å². The van der Waals surface area contributed by atoms with Gasteiger partial charge in [-0.1, -0.05) is 0 Å². The number of hydrogen-bond donors (Lipinski definition) is 9. The van der Waals surface area contributed by atoms with Gasteiger partial charge in [-0.25, -0.2) is 0 Å². The molecule has 14 N–H and O–H groups in total. The first kappa shape index (κ1) is 31.0. The molecule has 4 atom stereocenters. The van der Waals surface area contributed by atoms with E-state index in [1.807, 2.05) is 0 Å². The maximum atomic E-state index is 12.9. The zero-order valence-electron chi connectivity index (χ0n) is 19.5. The van der Waals surface area contributed by atoms with Crippen molar-refractivity contribution in [1.29, 1.82) is 0 Å². The molecule has 0 spiro atoms. The second-order valence-electron chi connectivity index (χ2n) is 7.76. The molecular formula is C19H35N9O7. The minimum atomic E-state index is -1.31. The molecule has 0 fully saturated rings. The Morgan fingerprint density at radius 3 is 1.77 bits per heavy atom. The van der Waals surface area contributed by atoms with Crippen molar-refractivity contribution in [2.24, 2.45) is 33.7 Å². The highest BCUT2D eigenvalue weighted by Crippen LogP contribution is 2.05. The van der Waals surface area contributed by atoms with E-state index in [1.54, 1.807) is 0 Å². The molecule has 0 saturated heterocycles. The van der Waals surface area contributed by atoms with Crippen LogP contribution in [0, 0.1) is 0 Å². The highest BCUT2D eigenvalue weighted by molar-refractivity contribution is 5.94. The van der Waals surface area contributed by atoms with Crippen LogP contribution in [-0.4, -0.2) is 77.3 Å². The average molecular weight is 502 g/mol. The quantitative estimate of drug-likeness (QED) is 0.0522. The Morgan fingerprint density at radius 2 is 1.26 bits per heavy atom. The number of rotatable bonds is 17. The fraction of sp³-hybridized carbons (Fsp3) is 0.632. The second kappa shape index (κ2) is 15.8. The Morgan fingerprint density at radius 1 is 0.771 bits per heavy atom. The largest absolute Gasteiger partial charge is 0.480 e. The van der Waals surface area contributed by atoms with Crippen molar-refractivity contribution in [2.45, 2.75) is 69.6 Å². The van der Waals surface area contributed by atoms with Gasteiger partial charge in [-0.3, -0.25) is 33.8 Å². The van der Waals surface area contributed by atoms with Crippen LogP contribution in [0.1, 0.15) is 45.4 Å². The number of primary amides is 2. The van der Waals surface area contributed by atoms with Crippen LogP contribution in [0.25, 0.3) is 0 Å². The van der Waals surface area contributed by atoms with Gasteiger partial charge < -0.3 is 49.7 Å².